The number of rotatable bonds is 7. The summed E-state index contributed by atoms with van der Waals surface area (Å²) in [6.45, 7) is 2.42. The van der Waals surface area contributed by atoms with Gasteiger partial charge in [-0.05, 0) is 88.7 Å². The molecule has 0 amide bonds. The van der Waals surface area contributed by atoms with E-state index < -0.39 is 0 Å². The van der Waals surface area contributed by atoms with Gasteiger partial charge in [0, 0.05) is 10.9 Å². The zero-order chi connectivity index (χ0) is 24.2. The Morgan fingerprint density at radius 1 is 1.12 bits per heavy atom. The first-order valence-electron chi connectivity index (χ1n) is 10.5. The molecular weight excluding hydrogens is 652 g/mol. The molecular formula is C25H19BrCl2IN3O2. The third kappa shape index (κ3) is 5.82. The molecule has 4 rings (SSSR count). The minimum Gasteiger partial charge on any atom is -0.488 e. The highest BCUT2D eigenvalue weighted by atomic mass is 127. The quantitative estimate of drug-likeness (QED) is 0.151. The molecule has 0 fully saturated rings. The van der Waals surface area contributed by atoms with Gasteiger partial charge in [-0.1, -0.05) is 52.1 Å². The number of ether oxygens (including phenoxy) is 1. The van der Waals surface area contributed by atoms with E-state index in [1.165, 1.54) is 4.68 Å². The molecule has 0 atom stereocenters. The molecule has 1 aromatic heterocycles. The van der Waals surface area contributed by atoms with Crippen molar-refractivity contribution in [3.8, 4) is 5.75 Å². The molecule has 0 unspecified atom stereocenters. The number of aromatic nitrogens is 2. The molecule has 1 heterocycles. The van der Waals surface area contributed by atoms with Crippen LogP contribution < -0.4 is 10.3 Å². The van der Waals surface area contributed by atoms with E-state index in [-0.39, 0.29) is 5.56 Å². The molecule has 3 aromatic carbocycles. The Bertz CT molecular complexity index is 1460. The van der Waals surface area contributed by atoms with Crippen molar-refractivity contribution in [2.75, 3.05) is 0 Å². The van der Waals surface area contributed by atoms with Crippen LogP contribution in [0.15, 0.2) is 69.0 Å². The van der Waals surface area contributed by atoms with Crippen molar-refractivity contribution in [3.05, 3.63) is 100.0 Å². The van der Waals surface area contributed by atoms with Gasteiger partial charge in [0.1, 0.15) is 18.2 Å². The number of aryl methyl sites for hydroxylation is 1. The normalized spacial score (nSPS) is 11.4. The van der Waals surface area contributed by atoms with Crippen molar-refractivity contribution < 1.29 is 4.74 Å². The third-order valence-corrected chi connectivity index (χ3v) is 7.08. The lowest BCUT2D eigenvalue weighted by Crippen LogP contribution is -2.22. The molecule has 5 nitrogen and oxygen atoms in total. The summed E-state index contributed by atoms with van der Waals surface area (Å²) < 4.78 is 9.07. The number of fused-ring (bicyclic) bond motifs is 1. The largest absolute Gasteiger partial charge is 0.488 e. The van der Waals surface area contributed by atoms with Crippen LogP contribution >= 0.6 is 61.7 Å². The van der Waals surface area contributed by atoms with Crippen LogP contribution in [-0.2, 0) is 13.0 Å². The van der Waals surface area contributed by atoms with Gasteiger partial charge in [0.15, 0.2) is 0 Å². The van der Waals surface area contributed by atoms with Crippen molar-refractivity contribution in [1.82, 2.24) is 9.66 Å². The molecule has 9 heteroatoms. The smallest absolute Gasteiger partial charge is 0.282 e. The molecule has 0 saturated carbocycles. The van der Waals surface area contributed by atoms with E-state index in [1.807, 2.05) is 43.3 Å². The molecule has 0 bridgehead atoms. The van der Waals surface area contributed by atoms with E-state index in [0.29, 0.717) is 39.8 Å². The van der Waals surface area contributed by atoms with Crippen LogP contribution in [0.25, 0.3) is 10.9 Å². The summed E-state index contributed by atoms with van der Waals surface area (Å²) in [6.07, 6.45) is 3.17. The maximum Gasteiger partial charge on any atom is 0.282 e. The summed E-state index contributed by atoms with van der Waals surface area (Å²) >= 11 is 17.7. The number of hydrogen-bond donors (Lipinski definition) is 0. The van der Waals surface area contributed by atoms with Crippen LogP contribution in [0, 0.1) is 3.57 Å². The highest BCUT2D eigenvalue weighted by Crippen LogP contribution is 2.26. The summed E-state index contributed by atoms with van der Waals surface area (Å²) in [5.74, 6) is 1.37. The monoisotopic (exact) mass is 669 g/mol. The molecule has 0 aliphatic heterocycles. The van der Waals surface area contributed by atoms with Crippen molar-refractivity contribution in [2.24, 2.45) is 5.10 Å². The SMILES string of the molecule is CCCc1nc2ccc(Br)cc2c(=O)n1N=Cc1ccc(OCc2ccc(Cl)c(Cl)c2)c(I)c1. The first-order valence-corrected chi connectivity index (χ1v) is 13.1. The molecule has 0 aliphatic carbocycles. The van der Waals surface area contributed by atoms with Crippen LogP contribution in [0.1, 0.15) is 30.3 Å². The zero-order valence-corrected chi connectivity index (χ0v) is 23.3. The zero-order valence-electron chi connectivity index (χ0n) is 18.1. The lowest BCUT2D eigenvalue weighted by molar-refractivity contribution is 0.304. The Labute approximate surface area is 229 Å². The summed E-state index contributed by atoms with van der Waals surface area (Å²) in [5.41, 5.74) is 2.24. The second-order valence-electron chi connectivity index (χ2n) is 7.53. The second kappa shape index (κ2) is 11.2. The van der Waals surface area contributed by atoms with Crippen molar-refractivity contribution in [3.63, 3.8) is 0 Å². The van der Waals surface area contributed by atoms with Gasteiger partial charge < -0.3 is 4.74 Å². The summed E-state index contributed by atoms with van der Waals surface area (Å²) in [7, 11) is 0. The van der Waals surface area contributed by atoms with Crippen molar-refractivity contribution in [1.29, 1.82) is 0 Å². The van der Waals surface area contributed by atoms with Gasteiger partial charge in [0.2, 0.25) is 0 Å². The van der Waals surface area contributed by atoms with E-state index in [0.717, 1.165) is 31.3 Å². The molecule has 174 valence electrons. The molecule has 0 saturated heterocycles. The number of hydrogen-bond acceptors (Lipinski definition) is 4. The highest BCUT2D eigenvalue weighted by Gasteiger charge is 2.11. The van der Waals surface area contributed by atoms with Crippen LogP contribution in [0.4, 0.5) is 0 Å². The van der Waals surface area contributed by atoms with Crippen molar-refractivity contribution >= 4 is 78.8 Å². The Kier molecular flexibility index (Phi) is 8.29. The fourth-order valence-corrected chi connectivity index (χ4v) is 4.71. The molecule has 4 aromatic rings. The molecule has 0 N–H and O–H groups in total. The van der Waals surface area contributed by atoms with Gasteiger partial charge in [-0.2, -0.15) is 9.78 Å². The first-order chi connectivity index (χ1) is 16.4. The average molecular weight is 671 g/mol. The number of halogens is 4. The topological polar surface area (TPSA) is 56.5 Å². The van der Waals surface area contributed by atoms with Gasteiger partial charge >= 0.3 is 0 Å². The van der Waals surface area contributed by atoms with E-state index in [4.69, 9.17) is 27.9 Å². The fraction of sp³-hybridized carbons (Fsp3) is 0.160. The standard InChI is InChI=1S/C25H19BrCl2IN3O2/c1-2-3-24-31-22-8-6-17(26)12-18(22)25(33)32(24)30-13-15-5-9-23(21(29)11-15)34-14-16-4-7-19(27)20(28)10-16/h4-13H,2-3,14H2,1H3. The maximum absolute atomic E-state index is 13.1. The molecule has 0 spiro atoms. The van der Waals surface area contributed by atoms with E-state index >= 15 is 0 Å². The van der Waals surface area contributed by atoms with Gasteiger partial charge in [-0.3, -0.25) is 4.79 Å². The Morgan fingerprint density at radius 3 is 2.68 bits per heavy atom. The van der Waals surface area contributed by atoms with Gasteiger partial charge in [0.25, 0.3) is 5.56 Å². The van der Waals surface area contributed by atoms with E-state index in [2.05, 4.69) is 48.6 Å². The van der Waals surface area contributed by atoms with Gasteiger partial charge in [0.05, 0.1) is 30.7 Å². The molecule has 34 heavy (non-hydrogen) atoms. The van der Waals surface area contributed by atoms with Gasteiger partial charge in [-0.15, -0.1) is 0 Å². The fourth-order valence-electron chi connectivity index (χ4n) is 3.33. The number of nitrogens with zero attached hydrogens (tertiary/aromatic N) is 3. The minimum absolute atomic E-state index is 0.192. The predicted octanol–water partition coefficient (Wildman–Crippen LogP) is 7.48. The molecule has 0 aliphatic rings. The summed E-state index contributed by atoms with van der Waals surface area (Å²) in [4.78, 5) is 17.8. The van der Waals surface area contributed by atoms with Crippen LogP contribution in [0.2, 0.25) is 10.0 Å². The van der Waals surface area contributed by atoms with Crippen LogP contribution in [-0.4, -0.2) is 15.9 Å². The first kappa shape index (κ1) is 25.2. The number of benzene rings is 3. The minimum atomic E-state index is -0.192. The highest BCUT2D eigenvalue weighted by molar-refractivity contribution is 14.1. The van der Waals surface area contributed by atoms with E-state index in [1.54, 1.807) is 24.4 Å². The summed E-state index contributed by atoms with van der Waals surface area (Å²) in [5, 5.41) is 6.02. The summed E-state index contributed by atoms with van der Waals surface area (Å²) in [6, 6.07) is 16.6. The Balaban J connectivity index is 1.58. The predicted molar refractivity (Wildman–Crippen MR) is 151 cm³/mol. The lowest BCUT2D eigenvalue weighted by Gasteiger charge is -2.10. The third-order valence-electron chi connectivity index (χ3n) is 5.01. The van der Waals surface area contributed by atoms with Gasteiger partial charge in [-0.25, -0.2) is 4.98 Å². The van der Waals surface area contributed by atoms with Crippen molar-refractivity contribution in [2.45, 2.75) is 26.4 Å². The molecule has 0 radical (unpaired) electrons. The van der Waals surface area contributed by atoms with E-state index in [9.17, 15) is 4.79 Å². The van der Waals surface area contributed by atoms with Crippen LogP contribution in [0.3, 0.4) is 0 Å². The maximum atomic E-state index is 13.1. The second-order valence-corrected chi connectivity index (χ2v) is 10.4. The van der Waals surface area contributed by atoms with Crippen LogP contribution in [0.5, 0.6) is 5.75 Å². The Morgan fingerprint density at radius 2 is 1.94 bits per heavy atom. The average Bonchev–Trinajstić information content (AvgIpc) is 2.81. The lowest BCUT2D eigenvalue weighted by atomic mass is 10.2. The Hall–Kier alpha value is -1.94.